The molecule has 0 aliphatic carbocycles. The van der Waals surface area contributed by atoms with E-state index in [0.717, 1.165) is 10.6 Å². The van der Waals surface area contributed by atoms with Gasteiger partial charge in [-0.2, -0.15) is 0 Å². The van der Waals surface area contributed by atoms with Crippen LogP contribution in [0.3, 0.4) is 0 Å². The smallest absolute Gasteiger partial charge is 0.264 e. The molecular weight excluding hydrogens is 346 g/mol. The molecule has 1 aliphatic heterocycles. The molecule has 0 spiro atoms. The quantitative estimate of drug-likeness (QED) is 0.908. The predicted octanol–water partition coefficient (Wildman–Crippen LogP) is 2.80. The Labute approximate surface area is 149 Å². The van der Waals surface area contributed by atoms with E-state index in [0.29, 0.717) is 31.2 Å². The maximum atomic E-state index is 12.3. The summed E-state index contributed by atoms with van der Waals surface area (Å²) in [5.41, 5.74) is 0.860. The summed E-state index contributed by atoms with van der Waals surface area (Å²) in [5, 5.41) is 5.66. The van der Waals surface area contributed by atoms with Crippen LogP contribution in [0, 0.1) is 0 Å². The zero-order chi connectivity index (χ0) is 16.9. The number of halogens is 1. The summed E-state index contributed by atoms with van der Waals surface area (Å²) in [6.07, 6.45) is 0. The fourth-order valence-electron chi connectivity index (χ4n) is 2.57. The van der Waals surface area contributed by atoms with Gasteiger partial charge in [0.2, 0.25) is 5.91 Å². The monoisotopic (exact) mass is 363 g/mol. The minimum atomic E-state index is 0.0353. The minimum absolute atomic E-state index is 0.0353. The zero-order valence-corrected chi connectivity index (χ0v) is 14.6. The van der Waals surface area contributed by atoms with E-state index in [4.69, 9.17) is 11.6 Å². The molecule has 1 aliphatic rings. The standard InChI is InChI=1S/C17H18ClN3O2S/c18-13-3-5-14(6-4-13)19-12-16(22)20-7-9-21(10-8-20)17(23)15-2-1-11-24-15/h1-6,11,19H,7-10,12H2. The van der Waals surface area contributed by atoms with Gasteiger partial charge in [-0.1, -0.05) is 17.7 Å². The average molecular weight is 364 g/mol. The Kier molecular flexibility index (Phi) is 5.37. The molecule has 2 aromatic rings. The number of amides is 2. The minimum Gasteiger partial charge on any atom is -0.376 e. The molecule has 1 saturated heterocycles. The van der Waals surface area contributed by atoms with Crippen LogP contribution < -0.4 is 5.32 Å². The van der Waals surface area contributed by atoms with E-state index >= 15 is 0 Å². The molecule has 3 rings (SSSR count). The van der Waals surface area contributed by atoms with Crippen molar-refractivity contribution in [3.05, 3.63) is 51.7 Å². The summed E-state index contributed by atoms with van der Waals surface area (Å²) in [5.74, 6) is 0.0876. The normalized spacial score (nSPS) is 14.5. The van der Waals surface area contributed by atoms with Crippen LogP contribution >= 0.6 is 22.9 Å². The van der Waals surface area contributed by atoms with Crippen LogP contribution in [0.1, 0.15) is 9.67 Å². The Morgan fingerprint density at radius 3 is 2.33 bits per heavy atom. The van der Waals surface area contributed by atoms with Crippen LogP contribution in [-0.4, -0.2) is 54.3 Å². The molecular formula is C17H18ClN3O2S. The molecule has 1 fully saturated rings. The lowest BCUT2D eigenvalue weighted by molar-refractivity contribution is -0.130. The third-order valence-corrected chi connectivity index (χ3v) is 5.05. The van der Waals surface area contributed by atoms with Crippen molar-refractivity contribution in [2.45, 2.75) is 0 Å². The Bertz CT molecular complexity index is 695. The topological polar surface area (TPSA) is 52.7 Å². The van der Waals surface area contributed by atoms with Crippen LogP contribution in [0.15, 0.2) is 41.8 Å². The Morgan fingerprint density at radius 2 is 1.71 bits per heavy atom. The Hall–Kier alpha value is -2.05. The van der Waals surface area contributed by atoms with E-state index < -0.39 is 0 Å². The van der Waals surface area contributed by atoms with Crippen LogP contribution in [-0.2, 0) is 4.79 Å². The zero-order valence-electron chi connectivity index (χ0n) is 13.1. The average Bonchev–Trinajstić information content (AvgIpc) is 3.15. The Balaban J connectivity index is 1.46. The first kappa shape index (κ1) is 16.8. The highest BCUT2D eigenvalue weighted by molar-refractivity contribution is 7.12. The molecule has 0 atom stereocenters. The van der Waals surface area contributed by atoms with Crippen LogP contribution in [0.25, 0.3) is 0 Å². The van der Waals surface area contributed by atoms with E-state index in [2.05, 4.69) is 5.32 Å². The van der Waals surface area contributed by atoms with Crippen LogP contribution in [0.5, 0.6) is 0 Å². The molecule has 0 radical (unpaired) electrons. The molecule has 0 saturated carbocycles. The molecule has 2 heterocycles. The number of thiophene rings is 1. The summed E-state index contributed by atoms with van der Waals surface area (Å²) in [6.45, 7) is 2.52. The highest BCUT2D eigenvalue weighted by Gasteiger charge is 2.24. The van der Waals surface area contributed by atoms with Gasteiger partial charge < -0.3 is 15.1 Å². The lowest BCUT2D eigenvalue weighted by Gasteiger charge is -2.34. The highest BCUT2D eigenvalue weighted by atomic mass is 35.5. The molecule has 0 bridgehead atoms. The van der Waals surface area contributed by atoms with Crippen molar-refractivity contribution in [3.63, 3.8) is 0 Å². The van der Waals surface area contributed by atoms with Crippen molar-refractivity contribution in [1.29, 1.82) is 0 Å². The van der Waals surface area contributed by atoms with Gasteiger partial charge in [0.25, 0.3) is 5.91 Å². The SMILES string of the molecule is O=C(CNc1ccc(Cl)cc1)N1CCN(C(=O)c2cccs2)CC1. The van der Waals surface area contributed by atoms with Crippen LogP contribution in [0.4, 0.5) is 5.69 Å². The van der Waals surface area contributed by atoms with Gasteiger partial charge in [0, 0.05) is 36.9 Å². The van der Waals surface area contributed by atoms with Gasteiger partial charge in [-0.15, -0.1) is 11.3 Å². The number of nitrogens with zero attached hydrogens (tertiary/aromatic N) is 2. The number of hydrogen-bond acceptors (Lipinski definition) is 4. The highest BCUT2D eigenvalue weighted by Crippen LogP contribution is 2.15. The number of anilines is 1. The maximum absolute atomic E-state index is 12.3. The van der Waals surface area contributed by atoms with E-state index in [1.54, 1.807) is 17.0 Å². The van der Waals surface area contributed by atoms with Gasteiger partial charge in [-0.25, -0.2) is 0 Å². The van der Waals surface area contributed by atoms with E-state index in [9.17, 15) is 9.59 Å². The third kappa shape index (κ3) is 4.07. The van der Waals surface area contributed by atoms with E-state index in [1.165, 1.54) is 11.3 Å². The first-order valence-electron chi connectivity index (χ1n) is 7.73. The van der Waals surface area contributed by atoms with Crippen molar-refractivity contribution in [2.24, 2.45) is 0 Å². The molecule has 1 N–H and O–H groups in total. The molecule has 5 nitrogen and oxygen atoms in total. The van der Waals surface area contributed by atoms with Crippen molar-refractivity contribution in [3.8, 4) is 0 Å². The predicted molar refractivity (Wildman–Crippen MR) is 96.7 cm³/mol. The number of piperazine rings is 1. The molecule has 0 unspecified atom stereocenters. The molecule has 1 aromatic heterocycles. The van der Waals surface area contributed by atoms with Crippen molar-refractivity contribution < 1.29 is 9.59 Å². The van der Waals surface area contributed by atoms with E-state index in [1.807, 2.05) is 34.5 Å². The number of rotatable bonds is 4. The fourth-order valence-corrected chi connectivity index (χ4v) is 3.39. The second kappa shape index (κ2) is 7.68. The number of nitrogens with one attached hydrogen (secondary N) is 1. The van der Waals surface area contributed by atoms with Crippen molar-refractivity contribution in [1.82, 2.24) is 9.80 Å². The third-order valence-electron chi connectivity index (χ3n) is 3.94. The van der Waals surface area contributed by atoms with Crippen LogP contribution in [0.2, 0.25) is 5.02 Å². The molecule has 1 aromatic carbocycles. The number of benzene rings is 1. The fraction of sp³-hybridized carbons (Fsp3) is 0.294. The van der Waals surface area contributed by atoms with Gasteiger partial charge in [0.15, 0.2) is 0 Å². The first-order valence-corrected chi connectivity index (χ1v) is 8.99. The van der Waals surface area contributed by atoms with Crippen molar-refractivity contribution >= 4 is 40.4 Å². The second-order valence-corrected chi connectivity index (χ2v) is 6.89. The summed E-state index contributed by atoms with van der Waals surface area (Å²) < 4.78 is 0. The van der Waals surface area contributed by atoms with Gasteiger partial charge in [-0.3, -0.25) is 9.59 Å². The Morgan fingerprint density at radius 1 is 1.04 bits per heavy atom. The molecule has 126 valence electrons. The van der Waals surface area contributed by atoms with Gasteiger partial charge in [0.05, 0.1) is 11.4 Å². The summed E-state index contributed by atoms with van der Waals surface area (Å²) in [6, 6.07) is 11.0. The van der Waals surface area contributed by atoms with Gasteiger partial charge in [0.1, 0.15) is 0 Å². The molecule has 24 heavy (non-hydrogen) atoms. The summed E-state index contributed by atoms with van der Waals surface area (Å²) in [4.78, 5) is 28.9. The number of hydrogen-bond donors (Lipinski definition) is 1. The first-order chi connectivity index (χ1) is 11.6. The lowest BCUT2D eigenvalue weighted by atomic mass is 10.2. The summed E-state index contributed by atoms with van der Waals surface area (Å²) in [7, 11) is 0. The lowest BCUT2D eigenvalue weighted by Crippen LogP contribution is -2.51. The second-order valence-electron chi connectivity index (χ2n) is 5.51. The largest absolute Gasteiger partial charge is 0.376 e. The van der Waals surface area contributed by atoms with E-state index in [-0.39, 0.29) is 18.4 Å². The maximum Gasteiger partial charge on any atom is 0.264 e. The number of carbonyl (C=O) groups excluding carboxylic acids is 2. The number of carbonyl (C=O) groups is 2. The van der Waals surface area contributed by atoms with Gasteiger partial charge in [-0.05, 0) is 35.7 Å². The van der Waals surface area contributed by atoms with Gasteiger partial charge >= 0.3 is 0 Å². The molecule has 7 heteroatoms. The van der Waals surface area contributed by atoms with Crippen molar-refractivity contribution in [2.75, 3.05) is 38.0 Å². The molecule has 2 amide bonds. The summed E-state index contributed by atoms with van der Waals surface area (Å²) >= 11 is 7.29.